The highest BCUT2D eigenvalue weighted by atomic mass is 32.2. The summed E-state index contributed by atoms with van der Waals surface area (Å²) >= 11 is 1.23. The van der Waals surface area contributed by atoms with E-state index in [1.165, 1.54) is 26.8 Å². The Kier molecular flexibility index (Phi) is 6.58. The molecule has 1 atom stereocenters. The zero-order valence-corrected chi connectivity index (χ0v) is 18.3. The van der Waals surface area contributed by atoms with Crippen LogP contribution in [0.15, 0.2) is 39.9 Å². The highest BCUT2D eigenvalue weighted by Crippen LogP contribution is 2.28. The Balaban J connectivity index is 1.62. The highest BCUT2D eigenvalue weighted by molar-refractivity contribution is 7.91. The number of carbonyl (C=O) groups is 1. The fourth-order valence-corrected chi connectivity index (χ4v) is 6.42. The van der Waals surface area contributed by atoms with Crippen molar-refractivity contribution in [3.63, 3.8) is 0 Å². The molecule has 3 rings (SSSR count). The minimum atomic E-state index is -3.43. The molecular formula is C21H28N2O3S2. The van der Waals surface area contributed by atoms with Crippen molar-refractivity contribution in [3.05, 3.63) is 52.4 Å². The first kappa shape index (κ1) is 21.0. The SMILES string of the molecule is CCC(NC(=O)C1CCN(S(=O)(=O)c2cccs2)CC1)c1ccc(C)cc1C. The van der Waals surface area contributed by atoms with Gasteiger partial charge in [0, 0.05) is 19.0 Å². The maximum Gasteiger partial charge on any atom is 0.252 e. The van der Waals surface area contributed by atoms with Crippen LogP contribution in [0.3, 0.4) is 0 Å². The third-order valence-electron chi connectivity index (χ3n) is 5.44. The third-order valence-corrected chi connectivity index (χ3v) is 8.71. The number of aryl methyl sites for hydroxylation is 2. The number of nitrogens with one attached hydrogen (secondary N) is 1. The zero-order valence-electron chi connectivity index (χ0n) is 16.6. The van der Waals surface area contributed by atoms with E-state index < -0.39 is 10.0 Å². The maximum absolute atomic E-state index is 12.8. The van der Waals surface area contributed by atoms with Crippen LogP contribution in [0.1, 0.15) is 48.9 Å². The summed E-state index contributed by atoms with van der Waals surface area (Å²) in [4.78, 5) is 12.8. The normalized spacial score (nSPS) is 17.4. The van der Waals surface area contributed by atoms with Crippen LogP contribution >= 0.6 is 11.3 Å². The molecule has 152 valence electrons. The summed E-state index contributed by atoms with van der Waals surface area (Å²) in [5.41, 5.74) is 3.55. The molecule has 0 saturated carbocycles. The number of nitrogens with zero attached hydrogens (tertiary/aromatic N) is 1. The molecule has 7 heteroatoms. The van der Waals surface area contributed by atoms with Crippen molar-refractivity contribution in [1.29, 1.82) is 0 Å². The van der Waals surface area contributed by atoms with Gasteiger partial charge in [0.25, 0.3) is 10.0 Å². The van der Waals surface area contributed by atoms with Gasteiger partial charge >= 0.3 is 0 Å². The first-order valence-electron chi connectivity index (χ1n) is 9.74. The summed E-state index contributed by atoms with van der Waals surface area (Å²) in [6, 6.07) is 9.67. The molecule has 1 unspecified atom stereocenters. The minimum Gasteiger partial charge on any atom is -0.349 e. The lowest BCUT2D eigenvalue weighted by Crippen LogP contribution is -2.43. The van der Waals surface area contributed by atoms with Gasteiger partial charge in [0.05, 0.1) is 6.04 Å². The van der Waals surface area contributed by atoms with Gasteiger partial charge in [-0.25, -0.2) is 8.42 Å². The maximum atomic E-state index is 12.8. The third kappa shape index (κ3) is 4.47. The zero-order chi connectivity index (χ0) is 20.3. The van der Waals surface area contributed by atoms with Gasteiger partial charge in [0.1, 0.15) is 4.21 Å². The van der Waals surface area contributed by atoms with Gasteiger partial charge in [-0.15, -0.1) is 11.3 Å². The predicted octanol–water partition coefficient (Wildman–Crippen LogP) is 4.03. The standard InChI is InChI=1S/C21H28N2O3S2/c1-4-19(18-8-7-15(2)14-16(18)3)22-21(24)17-9-11-23(12-10-17)28(25,26)20-6-5-13-27-20/h5-8,13-14,17,19H,4,9-12H2,1-3H3,(H,22,24). The van der Waals surface area contributed by atoms with Crippen molar-refractivity contribution < 1.29 is 13.2 Å². The van der Waals surface area contributed by atoms with Crippen molar-refractivity contribution in [3.8, 4) is 0 Å². The Morgan fingerprint density at radius 3 is 2.54 bits per heavy atom. The summed E-state index contributed by atoms with van der Waals surface area (Å²) in [7, 11) is -3.43. The Morgan fingerprint density at radius 2 is 1.96 bits per heavy atom. The van der Waals surface area contributed by atoms with Gasteiger partial charge in [0.15, 0.2) is 0 Å². The lowest BCUT2D eigenvalue weighted by molar-refractivity contribution is -0.126. The Labute approximate surface area is 171 Å². The summed E-state index contributed by atoms with van der Waals surface area (Å²) in [5, 5.41) is 4.96. The molecule has 0 radical (unpaired) electrons. The van der Waals surface area contributed by atoms with E-state index in [2.05, 4.69) is 44.3 Å². The lowest BCUT2D eigenvalue weighted by atomic mass is 9.94. The minimum absolute atomic E-state index is 0.0130. The molecule has 1 aromatic heterocycles. The number of hydrogen-bond donors (Lipinski definition) is 1. The summed E-state index contributed by atoms with van der Waals surface area (Å²) in [6.45, 7) is 6.98. The molecule has 5 nitrogen and oxygen atoms in total. The van der Waals surface area contributed by atoms with Crippen molar-refractivity contribution in [2.75, 3.05) is 13.1 Å². The predicted molar refractivity (Wildman–Crippen MR) is 113 cm³/mol. The molecule has 1 aromatic carbocycles. The van der Waals surface area contributed by atoms with Crippen LogP contribution in [0.4, 0.5) is 0 Å². The number of sulfonamides is 1. The van der Waals surface area contributed by atoms with Gasteiger partial charge in [-0.3, -0.25) is 4.79 Å². The van der Waals surface area contributed by atoms with Crippen LogP contribution in [0.2, 0.25) is 0 Å². The van der Waals surface area contributed by atoms with E-state index in [1.807, 2.05) is 0 Å². The van der Waals surface area contributed by atoms with E-state index in [-0.39, 0.29) is 17.9 Å². The topological polar surface area (TPSA) is 66.5 Å². The quantitative estimate of drug-likeness (QED) is 0.767. The van der Waals surface area contributed by atoms with E-state index in [0.717, 1.165) is 12.0 Å². The molecule has 1 amide bonds. The molecule has 0 bridgehead atoms. The van der Waals surface area contributed by atoms with E-state index in [1.54, 1.807) is 17.5 Å². The smallest absolute Gasteiger partial charge is 0.252 e. The first-order valence-corrected chi connectivity index (χ1v) is 12.1. The van der Waals surface area contributed by atoms with Gasteiger partial charge < -0.3 is 5.32 Å². The average Bonchev–Trinajstić information content (AvgIpc) is 3.22. The van der Waals surface area contributed by atoms with Crippen molar-refractivity contribution in [1.82, 2.24) is 9.62 Å². The van der Waals surface area contributed by atoms with Gasteiger partial charge in [-0.1, -0.05) is 36.8 Å². The van der Waals surface area contributed by atoms with Crippen LogP contribution in [0.25, 0.3) is 0 Å². The summed E-state index contributed by atoms with van der Waals surface area (Å²) in [6.07, 6.45) is 1.93. The monoisotopic (exact) mass is 420 g/mol. The second kappa shape index (κ2) is 8.76. The number of carbonyl (C=O) groups excluding carboxylic acids is 1. The largest absolute Gasteiger partial charge is 0.349 e. The van der Waals surface area contributed by atoms with Gasteiger partial charge in [-0.2, -0.15) is 4.31 Å². The van der Waals surface area contributed by atoms with Crippen molar-refractivity contribution >= 4 is 27.3 Å². The Morgan fingerprint density at radius 1 is 1.25 bits per heavy atom. The molecule has 2 heterocycles. The molecule has 1 aliphatic heterocycles. The molecule has 0 aliphatic carbocycles. The van der Waals surface area contributed by atoms with Crippen LogP contribution in [0.5, 0.6) is 0 Å². The second-order valence-corrected chi connectivity index (χ2v) is 10.6. The van der Waals surface area contributed by atoms with Crippen LogP contribution in [-0.2, 0) is 14.8 Å². The number of hydrogen-bond acceptors (Lipinski definition) is 4. The number of benzene rings is 1. The molecular weight excluding hydrogens is 392 g/mol. The van der Waals surface area contributed by atoms with E-state index in [0.29, 0.717) is 30.1 Å². The highest BCUT2D eigenvalue weighted by Gasteiger charge is 2.33. The number of amides is 1. The average molecular weight is 421 g/mol. The summed E-state index contributed by atoms with van der Waals surface area (Å²) < 4.78 is 27.1. The van der Waals surface area contributed by atoms with Crippen LogP contribution < -0.4 is 5.32 Å². The number of rotatable bonds is 6. The van der Waals surface area contributed by atoms with Crippen molar-refractivity contribution in [2.45, 2.75) is 50.3 Å². The number of piperidine rings is 1. The van der Waals surface area contributed by atoms with E-state index in [4.69, 9.17) is 0 Å². The molecule has 28 heavy (non-hydrogen) atoms. The van der Waals surface area contributed by atoms with Crippen LogP contribution in [-0.4, -0.2) is 31.7 Å². The second-order valence-electron chi connectivity index (χ2n) is 7.44. The molecule has 1 aliphatic rings. The fraction of sp³-hybridized carbons (Fsp3) is 0.476. The Bertz CT molecular complexity index is 915. The lowest BCUT2D eigenvalue weighted by Gasteiger charge is -2.31. The Hall–Kier alpha value is -1.70. The van der Waals surface area contributed by atoms with Crippen LogP contribution in [0, 0.1) is 19.8 Å². The molecule has 1 saturated heterocycles. The van der Waals surface area contributed by atoms with Gasteiger partial charge in [-0.05, 0) is 55.7 Å². The molecule has 1 N–H and O–H groups in total. The molecule has 0 spiro atoms. The first-order chi connectivity index (χ1) is 13.3. The molecule has 2 aromatic rings. The van der Waals surface area contributed by atoms with E-state index >= 15 is 0 Å². The number of thiophene rings is 1. The van der Waals surface area contributed by atoms with Gasteiger partial charge in [0.2, 0.25) is 5.91 Å². The molecule has 1 fully saturated rings. The fourth-order valence-electron chi connectivity index (χ4n) is 3.80. The van der Waals surface area contributed by atoms with E-state index in [9.17, 15) is 13.2 Å². The summed E-state index contributed by atoms with van der Waals surface area (Å²) in [5.74, 6) is -0.116. The van der Waals surface area contributed by atoms with Crippen molar-refractivity contribution in [2.24, 2.45) is 5.92 Å².